The number of benzene rings is 1. The topological polar surface area (TPSA) is 73.7 Å². The van der Waals surface area contributed by atoms with E-state index >= 15 is 0 Å². The van der Waals surface area contributed by atoms with E-state index in [1.807, 2.05) is 6.07 Å². The Morgan fingerprint density at radius 2 is 1.92 bits per heavy atom. The molecule has 1 heterocycles. The van der Waals surface area contributed by atoms with Crippen molar-refractivity contribution in [2.45, 2.75) is 13.0 Å². The number of methoxy groups -OCH3 is 2. The van der Waals surface area contributed by atoms with Crippen molar-refractivity contribution >= 4 is 32.7 Å². The van der Waals surface area contributed by atoms with Crippen molar-refractivity contribution in [1.82, 2.24) is 14.5 Å². The Morgan fingerprint density at radius 3 is 2.56 bits per heavy atom. The maximum atomic E-state index is 12.5. The lowest BCUT2D eigenvalue weighted by atomic mass is 10.2. The quantitative estimate of drug-likeness (QED) is 0.627. The summed E-state index contributed by atoms with van der Waals surface area (Å²) in [7, 11) is 3.19. The van der Waals surface area contributed by atoms with Crippen LogP contribution in [0, 0.1) is 0 Å². The predicted molar refractivity (Wildman–Crippen MR) is 98.7 cm³/mol. The highest BCUT2D eigenvalue weighted by atomic mass is 79.9. The molecule has 0 spiro atoms. The summed E-state index contributed by atoms with van der Waals surface area (Å²) in [5.41, 5.74) is 0.483. The highest BCUT2D eigenvalue weighted by Crippen LogP contribution is 2.14. The summed E-state index contributed by atoms with van der Waals surface area (Å²) in [6.07, 6.45) is 1.70. The Morgan fingerprint density at radius 1 is 1.24 bits per heavy atom. The number of ether oxygens (including phenoxy) is 2. The zero-order valence-corrected chi connectivity index (χ0v) is 16.0. The molecule has 1 amide bonds. The number of carbonyl (C=O) groups is 1. The van der Waals surface area contributed by atoms with E-state index in [-0.39, 0.29) is 24.4 Å². The Labute approximate surface area is 154 Å². The van der Waals surface area contributed by atoms with Gasteiger partial charge in [0.1, 0.15) is 0 Å². The van der Waals surface area contributed by atoms with Crippen LogP contribution in [0.1, 0.15) is 6.42 Å². The second-order valence-corrected chi connectivity index (χ2v) is 6.44. The van der Waals surface area contributed by atoms with Crippen LogP contribution in [0.2, 0.25) is 0 Å². The summed E-state index contributed by atoms with van der Waals surface area (Å²) < 4.78 is 12.4. The van der Waals surface area contributed by atoms with Gasteiger partial charge in [-0.05, 0) is 18.2 Å². The van der Waals surface area contributed by atoms with Gasteiger partial charge in [-0.3, -0.25) is 14.2 Å². The molecule has 0 aliphatic carbocycles. The fourth-order valence-corrected chi connectivity index (χ4v) is 2.79. The fourth-order valence-electron chi connectivity index (χ4n) is 2.43. The van der Waals surface area contributed by atoms with Crippen molar-refractivity contribution in [3.63, 3.8) is 0 Å². The molecule has 0 fully saturated rings. The molecule has 7 nitrogen and oxygen atoms in total. The summed E-state index contributed by atoms with van der Waals surface area (Å²) in [5.74, 6) is -0.0460. The first-order valence-electron chi connectivity index (χ1n) is 7.97. The molecule has 0 radical (unpaired) electrons. The maximum absolute atomic E-state index is 12.5. The van der Waals surface area contributed by atoms with E-state index in [1.165, 1.54) is 10.9 Å². The summed E-state index contributed by atoms with van der Waals surface area (Å²) in [6.45, 7) is 2.19. The molecule has 0 aliphatic rings. The zero-order chi connectivity index (χ0) is 18.2. The van der Waals surface area contributed by atoms with Crippen molar-refractivity contribution in [2.24, 2.45) is 0 Å². The summed E-state index contributed by atoms with van der Waals surface area (Å²) >= 11 is 3.36. The first-order chi connectivity index (χ1) is 12.1. The molecule has 136 valence electrons. The van der Waals surface area contributed by atoms with Gasteiger partial charge in [-0.1, -0.05) is 15.9 Å². The van der Waals surface area contributed by atoms with Gasteiger partial charge < -0.3 is 14.4 Å². The molecule has 8 heteroatoms. The van der Waals surface area contributed by atoms with E-state index in [0.717, 1.165) is 4.47 Å². The van der Waals surface area contributed by atoms with Gasteiger partial charge in [0, 0.05) is 44.7 Å². The SMILES string of the molecule is COCCN(CCOC)C(=O)CCn1cnc2ccc(Br)cc2c1=O. The molecular weight excluding hydrogens is 390 g/mol. The Bertz CT molecular complexity index is 770. The number of aromatic nitrogens is 2. The van der Waals surface area contributed by atoms with Crippen molar-refractivity contribution in [2.75, 3.05) is 40.5 Å². The third kappa shape index (κ3) is 5.35. The number of hydrogen-bond acceptors (Lipinski definition) is 5. The average molecular weight is 412 g/mol. The van der Waals surface area contributed by atoms with Gasteiger partial charge in [-0.25, -0.2) is 4.98 Å². The van der Waals surface area contributed by atoms with Gasteiger partial charge >= 0.3 is 0 Å². The first kappa shape index (κ1) is 19.6. The lowest BCUT2D eigenvalue weighted by Crippen LogP contribution is -2.37. The third-order valence-corrected chi connectivity index (χ3v) is 4.33. The molecule has 0 atom stereocenters. The normalized spacial score (nSPS) is 11.0. The lowest BCUT2D eigenvalue weighted by Gasteiger charge is -2.22. The molecule has 0 N–H and O–H groups in total. The van der Waals surface area contributed by atoms with E-state index < -0.39 is 0 Å². The van der Waals surface area contributed by atoms with Crippen molar-refractivity contribution in [3.05, 3.63) is 39.4 Å². The van der Waals surface area contributed by atoms with Gasteiger partial charge in [-0.15, -0.1) is 0 Å². The van der Waals surface area contributed by atoms with Crippen molar-refractivity contribution < 1.29 is 14.3 Å². The Kier molecular flexibility index (Phi) is 7.54. The van der Waals surface area contributed by atoms with E-state index in [9.17, 15) is 9.59 Å². The van der Waals surface area contributed by atoms with E-state index in [0.29, 0.717) is 37.2 Å². The van der Waals surface area contributed by atoms with Crippen molar-refractivity contribution in [3.8, 4) is 0 Å². The Hall–Kier alpha value is -1.77. The van der Waals surface area contributed by atoms with Crippen LogP contribution in [-0.2, 0) is 20.8 Å². The van der Waals surface area contributed by atoms with Crippen LogP contribution in [-0.4, -0.2) is 60.9 Å². The van der Waals surface area contributed by atoms with E-state index in [4.69, 9.17) is 9.47 Å². The van der Waals surface area contributed by atoms with Crippen LogP contribution in [0.25, 0.3) is 10.9 Å². The number of hydrogen-bond donors (Lipinski definition) is 0. The second kappa shape index (κ2) is 9.65. The minimum absolute atomic E-state index is 0.0460. The van der Waals surface area contributed by atoms with Gasteiger partial charge in [-0.2, -0.15) is 0 Å². The molecule has 25 heavy (non-hydrogen) atoms. The van der Waals surface area contributed by atoms with E-state index in [1.54, 1.807) is 31.3 Å². The minimum Gasteiger partial charge on any atom is -0.383 e. The molecule has 2 aromatic rings. The number of carbonyl (C=O) groups excluding carboxylic acids is 1. The van der Waals surface area contributed by atoms with Gasteiger partial charge in [0.15, 0.2) is 0 Å². The van der Waals surface area contributed by atoms with Gasteiger partial charge in [0.05, 0.1) is 30.4 Å². The number of amides is 1. The molecule has 0 unspecified atom stereocenters. The molecule has 1 aromatic heterocycles. The summed E-state index contributed by atoms with van der Waals surface area (Å²) in [6, 6.07) is 5.37. The second-order valence-electron chi connectivity index (χ2n) is 5.52. The number of aryl methyl sites for hydroxylation is 1. The largest absolute Gasteiger partial charge is 0.383 e. The van der Waals surface area contributed by atoms with E-state index in [2.05, 4.69) is 20.9 Å². The van der Waals surface area contributed by atoms with Crippen LogP contribution in [0.15, 0.2) is 33.8 Å². The van der Waals surface area contributed by atoms with Gasteiger partial charge in [0.25, 0.3) is 5.56 Å². The highest BCUT2D eigenvalue weighted by molar-refractivity contribution is 9.10. The van der Waals surface area contributed by atoms with Crippen LogP contribution >= 0.6 is 15.9 Å². The average Bonchev–Trinajstić information content (AvgIpc) is 2.61. The Balaban J connectivity index is 2.08. The molecule has 0 saturated heterocycles. The predicted octanol–water partition coefficient (Wildman–Crippen LogP) is 1.67. The lowest BCUT2D eigenvalue weighted by molar-refractivity contribution is -0.132. The van der Waals surface area contributed by atoms with Crippen molar-refractivity contribution in [1.29, 1.82) is 0 Å². The summed E-state index contributed by atoms with van der Waals surface area (Å²) in [5, 5.41) is 0.528. The molecule has 1 aromatic carbocycles. The number of nitrogens with zero attached hydrogens (tertiary/aromatic N) is 3. The highest BCUT2D eigenvalue weighted by Gasteiger charge is 2.14. The zero-order valence-electron chi connectivity index (χ0n) is 14.4. The number of fused-ring (bicyclic) bond motifs is 1. The minimum atomic E-state index is -0.153. The van der Waals surface area contributed by atoms with Crippen LogP contribution < -0.4 is 5.56 Å². The smallest absolute Gasteiger partial charge is 0.261 e. The number of rotatable bonds is 9. The molecular formula is C17H22BrN3O4. The maximum Gasteiger partial charge on any atom is 0.261 e. The van der Waals surface area contributed by atoms with Crippen LogP contribution in [0.5, 0.6) is 0 Å². The molecule has 0 saturated carbocycles. The third-order valence-electron chi connectivity index (χ3n) is 3.84. The molecule has 0 bridgehead atoms. The monoisotopic (exact) mass is 411 g/mol. The summed E-state index contributed by atoms with van der Waals surface area (Å²) in [4.78, 5) is 30.9. The van der Waals surface area contributed by atoms with Crippen LogP contribution in [0.3, 0.4) is 0 Å². The number of halogens is 1. The standard InChI is InChI=1S/C17H22BrN3O4/c1-24-9-7-20(8-10-25-2)16(22)5-6-21-12-19-15-4-3-13(18)11-14(15)17(21)23/h3-4,11-12H,5-10H2,1-2H3. The molecule has 0 aliphatic heterocycles. The molecule has 2 rings (SSSR count). The van der Waals surface area contributed by atoms with Crippen LogP contribution in [0.4, 0.5) is 0 Å². The van der Waals surface area contributed by atoms with Gasteiger partial charge in [0.2, 0.25) is 5.91 Å². The first-order valence-corrected chi connectivity index (χ1v) is 8.76. The fraction of sp³-hybridized carbons (Fsp3) is 0.471.